The van der Waals surface area contributed by atoms with Gasteiger partial charge < -0.3 is 10.2 Å². The second-order valence-electron chi connectivity index (χ2n) is 2.70. The van der Waals surface area contributed by atoms with Crippen LogP contribution in [0.1, 0.15) is 15.9 Å². The average Bonchev–Trinajstić information content (AvgIpc) is 2.08. The van der Waals surface area contributed by atoms with Crippen LogP contribution in [0.3, 0.4) is 0 Å². The van der Waals surface area contributed by atoms with Crippen molar-refractivity contribution in [2.45, 2.75) is 13.2 Å². The first-order valence-electron chi connectivity index (χ1n) is 3.69. The molecule has 13 heavy (non-hydrogen) atoms. The number of benzene rings is 1. The fraction of sp³-hybridized carbons (Fsp3) is 0.222. The van der Waals surface area contributed by atoms with Gasteiger partial charge in [0.2, 0.25) is 12.1 Å². The molecule has 2 N–H and O–H groups in total. The van der Waals surface area contributed by atoms with Crippen LogP contribution in [-0.2, 0) is 0 Å². The van der Waals surface area contributed by atoms with E-state index in [1.54, 1.807) is 6.92 Å². The van der Waals surface area contributed by atoms with Crippen LogP contribution in [0.4, 0.5) is 4.39 Å². The maximum atomic E-state index is 12.9. The van der Waals surface area contributed by atoms with E-state index in [1.807, 2.05) is 0 Å². The number of rotatable bonds is 2. The lowest BCUT2D eigenvalue weighted by Crippen LogP contribution is -2.19. The average molecular weight is 184 g/mol. The first-order valence-corrected chi connectivity index (χ1v) is 3.69. The molecule has 0 amide bonds. The summed E-state index contributed by atoms with van der Waals surface area (Å²) < 4.78 is 12.9. The molecule has 0 atom stereocenters. The van der Waals surface area contributed by atoms with Gasteiger partial charge in [-0.3, -0.25) is 4.79 Å². The fourth-order valence-corrected chi connectivity index (χ4v) is 0.895. The minimum Gasteiger partial charge on any atom is -0.362 e. The first-order chi connectivity index (χ1) is 6.02. The van der Waals surface area contributed by atoms with Crippen LogP contribution in [0.15, 0.2) is 18.2 Å². The van der Waals surface area contributed by atoms with Crippen molar-refractivity contribution in [2.24, 2.45) is 0 Å². The molecule has 0 aliphatic rings. The lowest BCUT2D eigenvalue weighted by molar-refractivity contribution is -0.0195. The molecule has 0 heterocycles. The molecule has 0 saturated heterocycles. The highest BCUT2D eigenvalue weighted by atomic mass is 19.1. The van der Waals surface area contributed by atoms with Crippen molar-refractivity contribution < 1.29 is 19.4 Å². The molecular formula is C9H9FO3. The SMILES string of the molecule is Cc1ccc(C(=O)C(O)O)cc1F. The molecule has 4 heteroatoms. The van der Waals surface area contributed by atoms with Crippen molar-refractivity contribution in [1.29, 1.82) is 0 Å². The quantitative estimate of drug-likeness (QED) is 0.523. The third-order valence-corrected chi connectivity index (χ3v) is 1.69. The summed E-state index contributed by atoms with van der Waals surface area (Å²) >= 11 is 0. The highest BCUT2D eigenvalue weighted by molar-refractivity contribution is 5.98. The zero-order chi connectivity index (χ0) is 10.0. The van der Waals surface area contributed by atoms with Crippen molar-refractivity contribution in [1.82, 2.24) is 0 Å². The smallest absolute Gasteiger partial charge is 0.218 e. The molecular weight excluding hydrogens is 175 g/mol. The number of hydrogen-bond donors (Lipinski definition) is 2. The Balaban J connectivity index is 3.04. The van der Waals surface area contributed by atoms with Crippen molar-refractivity contribution in [3.8, 4) is 0 Å². The van der Waals surface area contributed by atoms with Crippen molar-refractivity contribution in [2.75, 3.05) is 0 Å². The molecule has 1 aromatic rings. The van der Waals surface area contributed by atoms with Crippen LogP contribution >= 0.6 is 0 Å². The molecule has 0 spiro atoms. The summed E-state index contributed by atoms with van der Waals surface area (Å²) in [6.45, 7) is 1.55. The van der Waals surface area contributed by atoms with Crippen LogP contribution < -0.4 is 0 Å². The Morgan fingerprint density at radius 1 is 1.46 bits per heavy atom. The Bertz CT molecular complexity index is 334. The number of carbonyl (C=O) groups is 1. The molecule has 1 rings (SSSR count). The normalized spacial score (nSPS) is 10.5. The van der Waals surface area contributed by atoms with E-state index in [0.29, 0.717) is 5.56 Å². The van der Waals surface area contributed by atoms with Crippen LogP contribution in [0.2, 0.25) is 0 Å². The number of aliphatic hydroxyl groups excluding tert-OH is 1. The van der Waals surface area contributed by atoms with Crippen molar-refractivity contribution in [3.05, 3.63) is 35.1 Å². The summed E-state index contributed by atoms with van der Waals surface area (Å²) in [4.78, 5) is 10.9. The fourth-order valence-electron chi connectivity index (χ4n) is 0.895. The number of aryl methyl sites for hydroxylation is 1. The summed E-state index contributed by atoms with van der Waals surface area (Å²) in [5.74, 6) is -1.44. The van der Waals surface area contributed by atoms with Gasteiger partial charge >= 0.3 is 0 Å². The van der Waals surface area contributed by atoms with Crippen LogP contribution in [-0.4, -0.2) is 22.3 Å². The maximum Gasteiger partial charge on any atom is 0.218 e. The van der Waals surface area contributed by atoms with Crippen LogP contribution in [0.5, 0.6) is 0 Å². The third-order valence-electron chi connectivity index (χ3n) is 1.69. The van der Waals surface area contributed by atoms with E-state index in [9.17, 15) is 9.18 Å². The Kier molecular flexibility index (Phi) is 2.75. The van der Waals surface area contributed by atoms with E-state index >= 15 is 0 Å². The van der Waals surface area contributed by atoms with Gasteiger partial charge in [0.05, 0.1) is 0 Å². The predicted octanol–water partition coefficient (Wildman–Crippen LogP) is 0.628. The predicted molar refractivity (Wildman–Crippen MR) is 43.7 cm³/mol. The molecule has 0 aliphatic heterocycles. The number of aliphatic hydroxyl groups is 2. The van der Waals surface area contributed by atoms with Gasteiger partial charge in [-0.05, 0) is 18.6 Å². The van der Waals surface area contributed by atoms with Gasteiger partial charge in [0, 0.05) is 5.56 Å². The summed E-state index contributed by atoms with van der Waals surface area (Å²) in [5.41, 5.74) is 0.363. The standard InChI is InChI=1S/C9H9FO3/c1-5-2-3-6(4-7(5)10)8(11)9(12)13/h2-4,9,12-13H,1H3. The zero-order valence-electron chi connectivity index (χ0n) is 6.99. The first kappa shape index (κ1) is 9.83. The van der Waals surface area contributed by atoms with E-state index in [4.69, 9.17) is 10.2 Å². The van der Waals surface area contributed by atoms with E-state index in [2.05, 4.69) is 0 Å². The topological polar surface area (TPSA) is 57.5 Å². The maximum absolute atomic E-state index is 12.9. The van der Waals surface area contributed by atoms with Crippen LogP contribution in [0, 0.1) is 12.7 Å². The Morgan fingerprint density at radius 3 is 2.54 bits per heavy atom. The number of ketones is 1. The third kappa shape index (κ3) is 2.11. The minimum absolute atomic E-state index is 0.0434. The van der Waals surface area contributed by atoms with Gasteiger partial charge in [0.1, 0.15) is 5.82 Å². The molecule has 0 fully saturated rings. The van der Waals surface area contributed by atoms with Crippen LogP contribution in [0.25, 0.3) is 0 Å². The number of Topliss-reactive ketones (excluding diaryl/α,β-unsaturated/α-hetero) is 1. The molecule has 0 aromatic heterocycles. The van der Waals surface area contributed by atoms with Gasteiger partial charge in [-0.15, -0.1) is 0 Å². The highest BCUT2D eigenvalue weighted by Crippen LogP contribution is 2.10. The number of carbonyl (C=O) groups excluding carboxylic acids is 1. The molecule has 70 valence electrons. The Morgan fingerprint density at radius 2 is 2.08 bits per heavy atom. The van der Waals surface area contributed by atoms with Gasteiger partial charge in [-0.1, -0.05) is 12.1 Å². The lowest BCUT2D eigenvalue weighted by atomic mass is 10.1. The highest BCUT2D eigenvalue weighted by Gasteiger charge is 2.14. The molecule has 0 saturated carbocycles. The molecule has 0 aliphatic carbocycles. The van der Waals surface area contributed by atoms with Crippen molar-refractivity contribution >= 4 is 5.78 Å². The summed E-state index contributed by atoms with van der Waals surface area (Å²) in [5, 5.41) is 17.0. The van der Waals surface area contributed by atoms with Gasteiger partial charge in [0.15, 0.2) is 0 Å². The lowest BCUT2D eigenvalue weighted by Gasteiger charge is -2.03. The monoisotopic (exact) mass is 184 g/mol. The summed E-state index contributed by atoms with van der Waals surface area (Å²) in [6.07, 6.45) is -2.08. The Labute approximate surface area is 74.4 Å². The van der Waals surface area contributed by atoms with Gasteiger partial charge in [0.25, 0.3) is 0 Å². The summed E-state index contributed by atoms with van der Waals surface area (Å²) in [7, 11) is 0. The molecule has 1 aromatic carbocycles. The minimum atomic E-state index is -2.08. The van der Waals surface area contributed by atoms with E-state index in [1.165, 1.54) is 12.1 Å². The van der Waals surface area contributed by atoms with Crippen molar-refractivity contribution in [3.63, 3.8) is 0 Å². The molecule has 0 unspecified atom stereocenters. The molecule has 3 nitrogen and oxygen atoms in total. The van der Waals surface area contributed by atoms with E-state index in [-0.39, 0.29) is 5.56 Å². The second-order valence-corrected chi connectivity index (χ2v) is 2.70. The largest absolute Gasteiger partial charge is 0.362 e. The van der Waals surface area contributed by atoms with Gasteiger partial charge in [-0.2, -0.15) is 0 Å². The van der Waals surface area contributed by atoms with E-state index in [0.717, 1.165) is 6.07 Å². The number of halogens is 1. The molecule has 0 radical (unpaired) electrons. The molecule has 0 bridgehead atoms. The number of hydrogen-bond acceptors (Lipinski definition) is 3. The zero-order valence-corrected chi connectivity index (χ0v) is 6.99. The van der Waals surface area contributed by atoms with E-state index < -0.39 is 17.9 Å². The summed E-state index contributed by atoms with van der Waals surface area (Å²) in [6, 6.07) is 3.74. The Hall–Kier alpha value is -1.26. The van der Waals surface area contributed by atoms with Gasteiger partial charge in [-0.25, -0.2) is 4.39 Å². The second kappa shape index (κ2) is 3.64.